The van der Waals surface area contributed by atoms with E-state index in [2.05, 4.69) is 4.98 Å². The normalized spacial score (nSPS) is 11.7. The molecular formula is C13H17ClN2O3. The first-order valence-electron chi connectivity index (χ1n) is 5.74. The Morgan fingerprint density at radius 3 is 2.84 bits per heavy atom. The summed E-state index contributed by atoms with van der Waals surface area (Å²) in [5.41, 5.74) is 7.51. The molecule has 0 aliphatic rings. The van der Waals surface area contributed by atoms with E-state index >= 15 is 0 Å². The van der Waals surface area contributed by atoms with Gasteiger partial charge in [-0.05, 0) is 25.1 Å². The van der Waals surface area contributed by atoms with Crippen LogP contribution in [-0.4, -0.2) is 24.7 Å². The van der Waals surface area contributed by atoms with Gasteiger partial charge in [-0.25, -0.2) is 4.79 Å². The van der Waals surface area contributed by atoms with Crippen molar-refractivity contribution in [3.8, 4) is 5.75 Å². The molecule has 19 heavy (non-hydrogen) atoms. The number of hydrogen-bond donors (Lipinski definition) is 2. The van der Waals surface area contributed by atoms with Gasteiger partial charge in [0.15, 0.2) is 0 Å². The summed E-state index contributed by atoms with van der Waals surface area (Å²) in [4.78, 5) is 14.7. The third kappa shape index (κ3) is 3.00. The number of carbonyl (C=O) groups is 1. The summed E-state index contributed by atoms with van der Waals surface area (Å²) >= 11 is 0. The predicted octanol–water partition coefficient (Wildman–Crippen LogP) is 2.16. The van der Waals surface area contributed by atoms with Crippen molar-refractivity contribution in [1.29, 1.82) is 0 Å². The lowest BCUT2D eigenvalue weighted by Gasteiger charge is -2.09. The molecule has 1 atom stereocenters. The van der Waals surface area contributed by atoms with E-state index in [1.54, 1.807) is 20.2 Å². The Morgan fingerprint density at radius 1 is 1.47 bits per heavy atom. The second kappa shape index (κ2) is 6.45. The molecule has 6 heteroatoms. The number of aromatic nitrogens is 1. The minimum Gasteiger partial charge on any atom is -0.497 e. The Labute approximate surface area is 117 Å². The molecule has 0 amide bonds. The van der Waals surface area contributed by atoms with E-state index in [-0.39, 0.29) is 12.4 Å². The van der Waals surface area contributed by atoms with Crippen molar-refractivity contribution < 1.29 is 14.3 Å². The molecule has 0 unspecified atom stereocenters. The molecule has 0 aliphatic heterocycles. The molecule has 1 aromatic heterocycles. The number of nitrogens with one attached hydrogen (secondary N) is 1. The Hall–Kier alpha value is -1.72. The highest BCUT2D eigenvalue weighted by atomic mass is 35.5. The molecule has 0 aliphatic carbocycles. The molecule has 3 N–H and O–H groups in total. The first kappa shape index (κ1) is 15.3. The lowest BCUT2D eigenvalue weighted by atomic mass is 10.1. The number of fused-ring (bicyclic) bond motifs is 1. The van der Waals surface area contributed by atoms with Crippen LogP contribution < -0.4 is 10.5 Å². The molecule has 0 fully saturated rings. The number of ether oxygens (including phenoxy) is 2. The van der Waals surface area contributed by atoms with Crippen LogP contribution in [0.3, 0.4) is 0 Å². The summed E-state index contributed by atoms with van der Waals surface area (Å²) in [6.07, 6.45) is 1.73. The van der Waals surface area contributed by atoms with Crippen LogP contribution in [0.5, 0.6) is 5.75 Å². The molecular weight excluding hydrogens is 268 g/mol. The molecule has 0 saturated heterocycles. The summed E-state index contributed by atoms with van der Waals surface area (Å²) in [6, 6.07) is 4.79. The lowest BCUT2D eigenvalue weighted by molar-refractivity contribution is -0.144. The molecule has 0 spiro atoms. The van der Waals surface area contributed by atoms with Crippen molar-refractivity contribution in [2.24, 2.45) is 5.73 Å². The molecule has 104 valence electrons. The highest BCUT2D eigenvalue weighted by Crippen LogP contribution is 2.27. The fraction of sp³-hybridized carbons (Fsp3) is 0.308. The number of carbonyl (C=O) groups excluding carboxylic acids is 1. The van der Waals surface area contributed by atoms with Gasteiger partial charge in [-0.15, -0.1) is 12.4 Å². The van der Waals surface area contributed by atoms with Crippen LogP contribution in [-0.2, 0) is 9.53 Å². The fourth-order valence-corrected chi connectivity index (χ4v) is 1.86. The zero-order valence-electron chi connectivity index (χ0n) is 10.8. The standard InChI is InChI=1S/C13H16N2O3.ClH/c1-3-18-13(16)12(14)10-7-15-11-5-4-8(17-2)6-9(10)11;/h4-7,12,15H,3,14H2,1-2H3;1H/t12-;/m0./s1. The summed E-state index contributed by atoms with van der Waals surface area (Å²) in [5.74, 6) is 0.292. The van der Waals surface area contributed by atoms with Crippen LogP contribution in [0.4, 0.5) is 0 Å². The van der Waals surface area contributed by atoms with Gasteiger partial charge in [0.1, 0.15) is 11.8 Å². The number of H-pyrrole nitrogens is 1. The highest BCUT2D eigenvalue weighted by Gasteiger charge is 2.20. The summed E-state index contributed by atoms with van der Waals surface area (Å²) < 4.78 is 10.1. The first-order chi connectivity index (χ1) is 8.67. The number of aromatic amines is 1. The fourth-order valence-electron chi connectivity index (χ4n) is 1.86. The maximum Gasteiger partial charge on any atom is 0.327 e. The first-order valence-corrected chi connectivity index (χ1v) is 5.74. The van der Waals surface area contributed by atoms with E-state index < -0.39 is 12.0 Å². The second-order valence-corrected chi connectivity index (χ2v) is 3.89. The molecule has 1 heterocycles. The molecule has 2 rings (SSSR count). The number of nitrogens with two attached hydrogens (primary N) is 1. The van der Waals surface area contributed by atoms with Crippen LogP contribution in [0.2, 0.25) is 0 Å². The zero-order chi connectivity index (χ0) is 13.1. The monoisotopic (exact) mass is 284 g/mol. The van der Waals surface area contributed by atoms with Gasteiger partial charge in [-0.3, -0.25) is 0 Å². The highest BCUT2D eigenvalue weighted by molar-refractivity contribution is 5.90. The lowest BCUT2D eigenvalue weighted by Crippen LogP contribution is -2.23. The van der Waals surface area contributed by atoms with Gasteiger partial charge in [0.05, 0.1) is 13.7 Å². The molecule has 0 saturated carbocycles. The van der Waals surface area contributed by atoms with Crippen molar-refractivity contribution in [2.75, 3.05) is 13.7 Å². The Kier molecular flexibility index (Phi) is 5.20. The molecule has 0 radical (unpaired) electrons. The number of benzene rings is 1. The maximum absolute atomic E-state index is 11.6. The van der Waals surface area contributed by atoms with Gasteiger partial charge >= 0.3 is 5.97 Å². The summed E-state index contributed by atoms with van der Waals surface area (Å²) in [5, 5.41) is 0.870. The van der Waals surface area contributed by atoms with E-state index in [0.29, 0.717) is 12.2 Å². The number of esters is 1. The maximum atomic E-state index is 11.6. The van der Waals surface area contributed by atoms with E-state index in [0.717, 1.165) is 16.7 Å². The van der Waals surface area contributed by atoms with Crippen LogP contribution in [0, 0.1) is 0 Å². The molecule has 5 nitrogen and oxygen atoms in total. The summed E-state index contributed by atoms with van der Waals surface area (Å²) in [6.45, 7) is 2.07. The van der Waals surface area contributed by atoms with Gasteiger partial charge in [0.2, 0.25) is 0 Å². The Balaban J connectivity index is 0.00000180. The van der Waals surface area contributed by atoms with Crippen LogP contribution >= 0.6 is 12.4 Å². The van der Waals surface area contributed by atoms with Gasteiger partial charge in [-0.1, -0.05) is 0 Å². The molecule has 2 aromatic rings. The van der Waals surface area contributed by atoms with E-state index in [9.17, 15) is 4.79 Å². The third-order valence-corrected chi connectivity index (χ3v) is 2.80. The van der Waals surface area contributed by atoms with E-state index in [1.807, 2.05) is 18.2 Å². The number of methoxy groups -OCH3 is 1. The average molecular weight is 285 g/mol. The zero-order valence-corrected chi connectivity index (χ0v) is 11.6. The topological polar surface area (TPSA) is 77.3 Å². The summed E-state index contributed by atoms with van der Waals surface area (Å²) in [7, 11) is 1.60. The molecule has 0 bridgehead atoms. The minimum atomic E-state index is -0.786. The van der Waals surface area contributed by atoms with Crippen LogP contribution in [0.25, 0.3) is 10.9 Å². The largest absolute Gasteiger partial charge is 0.497 e. The average Bonchev–Trinajstić information content (AvgIpc) is 2.80. The smallest absolute Gasteiger partial charge is 0.327 e. The van der Waals surface area contributed by atoms with E-state index in [4.69, 9.17) is 15.2 Å². The quantitative estimate of drug-likeness (QED) is 0.844. The van der Waals surface area contributed by atoms with Crippen molar-refractivity contribution in [3.05, 3.63) is 30.0 Å². The number of halogens is 1. The van der Waals surface area contributed by atoms with Gasteiger partial charge < -0.3 is 20.2 Å². The van der Waals surface area contributed by atoms with Crippen molar-refractivity contribution >= 4 is 29.3 Å². The second-order valence-electron chi connectivity index (χ2n) is 3.89. The van der Waals surface area contributed by atoms with Gasteiger partial charge in [0, 0.05) is 22.7 Å². The van der Waals surface area contributed by atoms with Crippen molar-refractivity contribution in [3.63, 3.8) is 0 Å². The minimum absolute atomic E-state index is 0. The van der Waals surface area contributed by atoms with Gasteiger partial charge in [0.25, 0.3) is 0 Å². The number of hydrogen-bond acceptors (Lipinski definition) is 4. The Morgan fingerprint density at radius 2 is 2.21 bits per heavy atom. The predicted molar refractivity (Wildman–Crippen MR) is 75.7 cm³/mol. The molecule has 1 aromatic carbocycles. The van der Waals surface area contributed by atoms with Crippen molar-refractivity contribution in [1.82, 2.24) is 4.98 Å². The Bertz CT molecular complexity index is 568. The van der Waals surface area contributed by atoms with Crippen LogP contribution in [0.15, 0.2) is 24.4 Å². The van der Waals surface area contributed by atoms with Crippen LogP contribution in [0.1, 0.15) is 18.5 Å². The third-order valence-electron chi connectivity index (χ3n) is 2.80. The van der Waals surface area contributed by atoms with Crippen molar-refractivity contribution in [2.45, 2.75) is 13.0 Å². The van der Waals surface area contributed by atoms with Gasteiger partial charge in [-0.2, -0.15) is 0 Å². The number of rotatable bonds is 4. The SMILES string of the molecule is CCOC(=O)[C@@H](N)c1c[nH]c2ccc(OC)cc12.Cl. The van der Waals surface area contributed by atoms with E-state index in [1.165, 1.54) is 0 Å².